The van der Waals surface area contributed by atoms with Crippen LogP contribution >= 0.6 is 0 Å². The first-order valence-electron chi connectivity index (χ1n) is 5.10. The molecule has 2 rings (SSSR count). The van der Waals surface area contributed by atoms with Gasteiger partial charge in [0.05, 0.1) is 5.69 Å². The van der Waals surface area contributed by atoms with Crippen LogP contribution in [0.1, 0.15) is 12.6 Å². The molecule has 0 saturated heterocycles. The van der Waals surface area contributed by atoms with E-state index in [0.29, 0.717) is 0 Å². The molecule has 0 aliphatic heterocycles. The van der Waals surface area contributed by atoms with Crippen LogP contribution in [-0.2, 0) is 6.54 Å². The second kappa shape index (κ2) is 3.77. The van der Waals surface area contributed by atoms with Crippen LogP contribution in [-0.4, -0.2) is 9.78 Å². The molecule has 15 heavy (non-hydrogen) atoms. The number of benzene rings is 1. The van der Waals surface area contributed by atoms with Crippen molar-refractivity contribution in [2.45, 2.75) is 20.4 Å². The van der Waals surface area contributed by atoms with E-state index in [2.05, 4.69) is 18.2 Å². The van der Waals surface area contributed by atoms with Gasteiger partial charge in [0.2, 0.25) is 0 Å². The van der Waals surface area contributed by atoms with Crippen LogP contribution in [0, 0.1) is 6.92 Å². The number of hydrogen-bond acceptors (Lipinski definition) is 2. The summed E-state index contributed by atoms with van der Waals surface area (Å²) in [6.07, 6.45) is 2.07. The van der Waals surface area contributed by atoms with E-state index in [1.807, 2.05) is 35.9 Å². The molecule has 0 amide bonds. The molecule has 0 aliphatic rings. The van der Waals surface area contributed by atoms with Gasteiger partial charge < -0.3 is 5.73 Å². The van der Waals surface area contributed by atoms with E-state index in [-0.39, 0.29) is 0 Å². The summed E-state index contributed by atoms with van der Waals surface area (Å²) < 4.78 is 1.95. The van der Waals surface area contributed by atoms with Gasteiger partial charge in [-0.05, 0) is 31.5 Å². The molecule has 2 N–H and O–H groups in total. The Kier molecular flexibility index (Phi) is 2.46. The zero-order valence-corrected chi connectivity index (χ0v) is 9.07. The van der Waals surface area contributed by atoms with Crippen molar-refractivity contribution >= 4 is 5.69 Å². The van der Waals surface area contributed by atoms with Crippen molar-refractivity contribution in [3.8, 4) is 11.1 Å². The molecule has 2 aromatic rings. The normalized spacial score (nSPS) is 10.5. The topological polar surface area (TPSA) is 43.8 Å². The Morgan fingerprint density at radius 2 is 1.93 bits per heavy atom. The molecule has 0 atom stereocenters. The minimum absolute atomic E-state index is 0.791. The number of anilines is 1. The fraction of sp³-hybridized carbons (Fsp3) is 0.250. The van der Waals surface area contributed by atoms with Crippen molar-refractivity contribution in [1.82, 2.24) is 9.78 Å². The van der Waals surface area contributed by atoms with Gasteiger partial charge in [-0.2, -0.15) is 5.10 Å². The summed E-state index contributed by atoms with van der Waals surface area (Å²) in [5.74, 6) is 0. The molecule has 0 saturated carbocycles. The van der Waals surface area contributed by atoms with Gasteiger partial charge in [-0.1, -0.05) is 12.1 Å². The monoisotopic (exact) mass is 201 g/mol. The summed E-state index contributed by atoms with van der Waals surface area (Å²) >= 11 is 0. The van der Waals surface area contributed by atoms with Crippen LogP contribution in [0.15, 0.2) is 30.5 Å². The second-order valence-corrected chi connectivity index (χ2v) is 3.61. The summed E-state index contributed by atoms with van der Waals surface area (Å²) in [5.41, 5.74) is 9.85. The fourth-order valence-electron chi connectivity index (χ4n) is 1.63. The van der Waals surface area contributed by atoms with Gasteiger partial charge >= 0.3 is 0 Å². The molecule has 0 aliphatic carbocycles. The molecular formula is C12H15N3. The summed E-state index contributed by atoms with van der Waals surface area (Å²) in [5, 5.41) is 4.41. The van der Waals surface area contributed by atoms with Gasteiger partial charge in [0.25, 0.3) is 0 Å². The summed E-state index contributed by atoms with van der Waals surface area (Å²) in [6, 6.07) is 7.88. The third-order valence-corrected chi connectivity index (χ3v) is 2.49. The van der Waals surface area contributed by atoms with E-state index in [1.165, 1.54) is 11.1 Å². The Hall–Kier alpha value is -1.77. The SMILES string of the molecule is CCn1cc(-c2ccc(N)cc2)c(C)n1. The third-order valence-electron chi connectivity index (χ3n) is 2.49. The zero-order chi connectivity index (χ0) is 10.8. The fourth-order valence-corrected chi connectivity index (χ4v) is 1.63. The number of nitrogen functional groups attached to an aromatic ring is 1. The number of nitrogens with zero attached hydrogens (tertiary/aromatic N) is 2. The molecule has 0 fully saturated rings. The highest BCUT2D eigenvalue weighted by molar-refractivity contribution is 5.66. The van der Waals surface area contributed by atoms with Gasteiger partial charge in [0.15, 0.2) is 0 Å². The Labute approximate surface area is 89.5 Å². The average Bonchev–Trinajstić information content (AvgIpc) is 2.61. The standard InChI is InChI=1S/C12H15N3/c1-3-15-8-12(9(2)14-15)10-4-6-11(13)7-5-10/h4-8H,3,13H2,1-2H3. The summed E-state index contributed by atoms with van der Waals surface area (Å²) in [6.45, 7) is 5.01. The summed E-state index contributed by atoms with van der Waals surface area (Å²) in [7, 11) is 0. The van der Waals surface area contributed by atoms with Crippen molar-refractivity contribution < 1.29 is 0 Å². The van der Waals surface area contributed by atoms with Crippen LogP contribution in [0.4, 0.5) is 5.69 Å². The van der Waals surface area contributed by atoms with E-state index in [1.54, 1.807) is 0 Å². The first-order chi connectivity index (χ1) is 7.20. The highest BCUT2D eigenvalue weighted by Crippen LogP contribution is 2.23. The third kappa shape index (κ3) is 1.86. The molecule has 0 unspecified atom stereocenters. The first-order valence-corrected chi connectivity index (χ1v) is 5.10. The van der Waals surface area contributed by atoms with Gasteiger partial charge in [-0.15, -0.1) is 0 Å². The van der Waals surface area contributed by atoms with Crippen LogP contribution in [0.5, 0.6) is 0 Å². The molecule has 78 valence electrons. The van der Waals surface area contributed by atoms with E-state index >= 15 is 0 Å². The predicted octanol–water partition coefficient (Wildman–Crippen LogP) is 2.46. The van der Waals surface area contributed by atoms with Crippen molar-refractivity contribution in [3.05, 3.63) is 36.2 Å². The van der Waals surface area contributed by atoms with Crippen molar-refractivity contribution in [2.75, 3.05) is 5.73 Å². The number of aromatic nitrogens is 2. The Morgan fingerprint density at radius 3 is 2.47 bits per heavy atom. The lowest BCUT2D eigenvalue weighted by Crippen LogP contribution is -1.93. The Morgan fingerprint density at radius 1 is 1.27 bits per heavy atom. The van der Waals surface area contributed by atoms with Crippen LogP contribution in [0.2, 0.25) is 0 Å². The number of aryl methyl sites for hydroxylation is 2. The average molecular weight is 201 g/mol. The predicted molar refractivity (Wildman–Crippen MR) is 62.5 cm³/mol. The molecule has 0 bridgehead atoms. The van der Waals surface area contributed by atoms with Crippen molar-refractivity contribution in [1.29, 1.82) is 0 Å². The molecule has 3 heteroatoms. The number of nitrogens with two attached hydrogens (primary N) is 1. The minimum atomic E-state index is 0.791. The maximum atomic E-state index is 5.65. The van der Waals surface area contributed by atoms with Gasteiger partial charge in [0.1, 0.15) is 0 Å². The minimum Gasteiger partial charge on any atom is -0.399 e. The number of rotatable bonds is 2. The van der Waals surface area contributed by atoms with Crippen molar-refractivity contribution in [3.63, 3.8) is 0 Å². The lowest BCUT2D eigenvalue weighted by atomic mass is 10.1. The Bertz CT molecular complexity index is 454. The molecular weight excluding hydrogens is 186 g/mol. The van der Waals surface area contributed by atoms with Crippen molar-refractivity contribution in [2.24, 2.45) is 0 Å². The molecule has 0 radical (unpaired) electrons. The van der Waals surface area contributed by atoms with E-state index in [4.69, 9.17) is 5.73 Å². The van der Waals surface area contributed by atoms with Gasteiger partial charge in [-0.3, -0.25) is 4.68 Å². The van der Waals surface area contributed by atoms with Gasteiger partial charge in [0, 0.05) is 24.0 Å². The number of hydrogen-bond donors (Lipinski definition) is 1. The summed E-state index contributed by atoms with van der Waals surface area (Å²) in [4.78, 5) is 0. The van der Waals surface area contributed by atoms with E-state index in [0.717, 1.165) is 17.9 Å². The Balaban J connectivity index is 2.44. The van der Waals surface area contributed by atoms with Gasteiger partial charge in [-0.25, -0.2) is 0 Å². The van der Waals surface area contributed by atoms with Crippen LogP contribution in [0.3, 0.4) is 0 Å². The first kappa shape index (κ1) is 9.77. The maximum Gasteiger partial charge on any atom is 0.0672 e. The highest BCUT2D eigenvalue weighted by Gasteiger charge is 2.05. The molecule has 0 spiro atoms. The van der Waals surface area contributed by atoms with E-state index in [9.17, 15) is 0 Å². The lowest BCUT2D eigenvalue weighted by Gasteiger charge is -1.99. The van der Waals surface area contributed by atoms with Crippen LogP contribution in [0.25, 0.3) is 11.1 Å². The second-order valence-electron chi connectivity index (χ2n) is 3.61. The lowest BCUT2D eigenvalue weighted by molar-refractivity contribution is 0.653. The smallest absolute Gasteiger partial charge is 0.0672 e. The largest absolute Gasteiger partial charge is 0.399 e. The van der Waals surface area contributed by atoms with E-state index < -0.39 is 0 Å². The molecule has 3 nitrogen and oxygen atoms in total. The molecule has 1 heterocycles. The molecule has 1 aromatic heterocycles. The highest BCUT2D eigenvalue weighted by atomic mass is 15.3. The molecule has 1 aromatic carbocycles. The zero-order valence-electron chi connectivity index (χ0n) is 9.07. The quantitative estimate of drug-likeness (QED) is 0.758. The van der Waals surface area contributed by atoms with Crippen LogP contribution < -0.4 is 5.73 Å². The maximum absolute atomic E-state index is 5.65.